The molecule has 5 N–H and O–H groups in total. The summed E-state index contributed by atoms with van der Waals surface area (Å²) < 4.78 is 11.4. The van der Waals surface area contributed by atoms with Crippen LogP contribution in [0, 0.1) is 5.92 Å². The van der Waals surface area contributed by atoms with E-state index in [4.69, 9.17) is 9.26 Å². The molecule has 2 aliphatic carbocycles. The van der Waals surface area contributed by atoms with Crippen molar-refractivity contribution in [2.45, 2.75) is 101 Å². The highest BCUT2D eigenvalue weighted by atomic mass is 16.5. The fourth-order valence-electron chi connectivity index (χ4n) is 6.21. The number of rotatable bonds is 7. The second kappa shape index (κ2) is 15.4. The summed E-state index contributed by atoms with van der Waals surface area (Å²) in [5.41, 5.74) is 1.09. The molecule has 0 unspecified atom stereocenters. The number of hydrogen-bond acceptors (Lipinski definition) is 8. The van der Waals surface area contributed by atoms with Gasteiger partial charge in [-0.2, -0.15) is 0 Å². The average Bonchev–Trinajstić information content (AvgIpc) is 4.05. The van der Waals surface area contributed by atoms with Crippen LogP contribution in [0.2, 0.25) is 0 Å². The number of nitrogens with zero attached hydrogens (tertiary/aromatic N) is 1. The van der Waals surface area contributed by atoms with Gasteiger partial charge < -0.3 is 35.8 Å². The van der Waals surface area contributed by atoms with Crippen LogP contribution in [0.5, 0.6) is 5.75 Å². The SMILES string of the molecule is CC(C)C[C@H]1COc2ccc(cc2)C[C@H](NC(=O)c2cc(C3CC3)no2)C(=O)N[C@H](C)C(=O)NC2(CC2)C(=O)N[C@H](Cc2ccccc2)C(=O)N1. The maximum absolute atomic E-state index is 13.8. The molecule has 51 heavy (non-hydrogen) atoms. The molecular weight excluding hydrogens is 652 g/mol. The normalized spacial score (nSPS) is 24.2. The maximum atomic E-state index is 13.8. The van der Waals surface area contributed by atoms with E-state index in [9.17, 15) is 24.0 Å². The Labute approximate surface area is 297 Å². The Morgan fingerprint density at radius 2 is 1.67 bits per heavy atom. The van der Waals surface area contributed by atoms with Crippen LogP contribution in [0.15, 0.2) is 65.2 Å². The first-order chi connectivity index (χ1) is 24.5. The van der Waals surface area contributed by atoms with E-state index in [0.29, 0.717) is 30.7 Å². The molecule has 2 aromatic carbocycles. The van der Waals surface area contributed by atoms with Crippen LogP contribution in [-0.4, -0.2) is 71.0 Å². The lowest BCUT2D eigenvalue weighted by Gasteiger charge is -2.27. The van der Waals surface area contributed by atoms with Crippen LogP contribution in [0.25, 0.3) is 0 Å². The zero-order valence-corrected chi connectivity index (χ0v) is 29.2. The van der Waals surface area contributed by atoms with Gasteiger partial charge in [0.2, 0.25) is 29.4 Å². The van der Waals surface area contributed by atoms with Crippen molar-refractivity contribution in [2.24, 2.45) is 5.92 Å². The summed E-state index contributed by atoms with van der Waals surface area (Å²) in [6.45, 7) is 5.81. The summed E-state index contributed by atoms with van der Waals surface area (Å²) in [4.78, 5) is 67.9. The Hall–Kier alpha value is -5.20. The molecule has 13 heteroatoms. The van der Waals surface area contributed by atoms with Crippen LogP contribution in [0.1, 0.15) is 86.2 Å². The second-order valence-corrected chi connectivity index (χ2v) is 14.4. The van der Waals surface area contributed by atoms with Gasteiger partial charge in [-0.1, -0.05) is 61.5 Å². The number of nitrogens with one attached hydrogen (secondary N) is 5. The predicted molar refractivity (Wildman–Crippen MR) is 187 cm³/mol. The lowest BCUT2D eigenvalue weighted by molar-refractivity contribution is -0.134. The lowest BCUT2D eigenvalue weighted by atomic mass is 10.0. The molecule has 5 amide bonds. The minimum absolute atomic E-state index is 0.000906. The van der Waals surface area contributed by atoms with E-state index in [0.717, 1.165) is 24.0 Å². The van der Waals surface area contributed by atoms with E-state index in [2.05, 4.69) is 45.6 Å². The topological polar surface area (TPSA) is 181 Å². The molecular formula is C38H46N6O7. The molecule has 7 rings (SSSR count). The van der Waals surface area contributed by atoms with E-state index in [-0.39, 0.29) is 49.0 Å². The molecule has 3 heterocycles. The molecule has 2 saturated carbocycles. The van der Waals surface area contributed by atoms with Gasteiger partial charge in [-0.25, -0.2) is 0 Å². The third-order valence-electron chi connectivity index (χ3n) is 9.49. The monoisotopic (exact) mass is 698 g/mol. The van der Waals surface area contributed by atoms with Crippen molar-refractivity contribution in [3.8, 4) is 5.75 Å². The maximum Gasteiger partial charge on any atom is 0.290 e. The molecule has 4 aliphatic rings. The van der Waals surface area contributed by atoms with Crippen molar-refractivity contribution in [1.82, 2.24) is 31.7 Å². The number of carbonyl (C=O) groups excluding carboxylic acids is 5. The van der Waals surface area contributed by atoms with Gasteiger partial charge >= 0.3 is 0 Å². The quantitative estimate of drug-likeness (QED) is 0.234. The highest BCUT2D eigenvalue weighted by Crippen LogP contribution is 2.39. The molecule has 270 valence electrons. The van der Waals surface area contributed by atoms with Gasteiger partial charge in [-0.05, 0) is 68.2 Å². The van der Waals surface area contributed by atoms with E-state index in [1.165, 1.54) is 6.92 Å². The predicted octanol–water partition coefficient (Wildman–Crippen LogP) is 2.70. The Bertz CT molecular complexity index is 1730. The van der Waals surface area contributed by atoms with Gasteiger partial charge in [0.05, 0.1) is 11.7 Å². The van der Waals surface area contributed by atoms with E-state index in [1.807, 2.05) is 30.3 Å². The van der Waals surface area contributed by atoms with Gasteiger partial charge in [0, 0.05) is 24.8 Å². The molecule has 1 aromatic heterocycles. The summed E-state index contributed by atoms with van der Waals surface area (Å²) in [5.74, 6) is -1.49. The average molecular weight is 699 g/mol. The number of ether oxygens (including phenoxy) is 1. The summed E-state index contributed by atoms with van der Waals surface area (Å²) in [7, 11) is 0. The highest BCUT2D eigenvalue weighted by molar-refractivity contribution is 6.00. The Morgan fingerprint density at radius 1 is 0.941 bits per heavy atom. The molecule has 2 fully saturated rings. The van der Waals surface area contributed by atoms with E-state index in [1.54, 1.807) is 30.3 Å². The number of aromatic nitrogens is 1. The van der Waals surface area contributed by atoms with Crippen molar-refractivity contribution >= 4 is 29.5 Å². The molecule has 2 aliphatic heterocycles. The minimum atomic E-state index is -1.22. The first-order valence-corrected chi connectivity index (χ1v) is 17.7. The lowest BCUT2D eigenvalue weighted by Crippen LogP contribution is -2.59. The van der Waals surface area contributed by atoms with Crippen molar-refractivity contribution in [1.29, 1.82) is 0 Å². The number of hydrogen-bond donors (Lipinski definition) is 5. The fourth-order valence-corrected chi connectivity index (χ4v) is 6.21. The number of benzene rings is 2. The van der Waals surface area contributed by atoms with Gasteiger partial charge in [0.25, 0.3) is 5.91 Å². The summed E-state index contributed by atoms with van der Waals surface area (Å²) in [5, 5.41) is 18.3. The van der Waals surface area contributed by atoms with Gasteiger partial charge in [0.15, 0.2) is 0 Å². The summed E-state index contributed by atoms with van der Waals surface area (Å²) in [6.07, 6.45) is 3.72. The number of carbonyl (C=O) groups is 5. The standard InChI is InChI=1S/C38H46N6O7/c1-22(2)17-27-21-50-28-13-9-25(10-14-28)19-30(41-36(48)32-20-29(44-51-32)26-11-12-26)34(46)39-23(3)33(45)43-38(15-16-38)37(49)42-31(35(47)40-27)18-24-7-5-4-6-8-24/h4-10,13-14,20,22-23,26-27,30-31H,11-12,15-19,21H2,1-3H3,(H,39,46)(H,40,47)(H,41,48)(H,42,49)(H,43,45)/t23-,27+,30+,31-/m1/s1. The van der Waals surface area contributed by atoms with Crippen molar-refractivity contribution in [3.63, 3.8) is 0 Å². The molecule has 4 atom stereocenters. The summed E-state index contributed by atoms with van der Waals surface area (Å²) in [6, 6.07) is 14.7. The molecule has 13 nitrogen and oxygen atoms in total. The molecule has 0 saturated heterocycles. The fraction of sp³-hybridized carbons (Fsp3) is 0.474. The zero-order valence-electron chi connectivity index (χ0n) is 29.2. The Morgan fingerprint density at radius 3 is 2.33 bits per heavy atom. The third-order valence-corrected chi connectivity index (χ3v) is 9.49. The number of amides is 5. The largest absolute Gasteiger partial charge is 0.491 e. The van der Waals surface area contributed by atoms with Crippen LogP contribution in [0.4, 0.5) is 0 Å². The van der Waals surface area contributed by atoms with Crippen LogP contribution < -0.4 is 31.3 Å². The zero-order chi connectivity index (χ0) is 36.1. The molecule has 1 spiro atoms. The van der Waals surface area contributed by atoms with E-state index < -0.39 is 47.3 Å². The van der Waals surface area contributed by atoms with Crippen LogP contribution >= 0.6 is 0 Å². The van der Waals surface area contributed by atoms with Crippen LogP contribution in [-0.2, 0) is 32.0 Å². The molecule has 2 bridgehead atoms. The highest BCUT2D eigenvalue weighted by Gasteiger charge is 2.52. The van der Waals surface area contributed by atoms with Crippen molar-refractivity contribution in [2.75, 3.05) is 6.61 Å². The molecule has 0 radical (unpaired) electrons. The Kier molecular flexibility index (Phi) is 10.7. The van der Waals surface area contributed by atoms with Crippen LogP contribution in [0.3, 0.4) is 0 Å². The van der Waals surface area contributed by atoms with Gasteiger partial charge in [-0.15, -0.1) is 0 Å². The first-order valence-electron chi connectivity index (χ1n) is 17.7. The summed E-state index contributed by atoms with van der Waals surface area (Å²) >= 11 is 0. The Balaban J connectivity index is 1.25. The van der Waals surface area contributed by atoms with E-state index >= 15 is 0 Å². The van der Waals surface area contributed by atoms with Gasteiger partial charge in [-0.3, -0.25) is 24.0 Å². The second-order valence-electron chi connectivity index (χ2n) is 14.4. The molecule has 3 aromatic rings. The van der Waals surface area contributed by atoms with Crippen molar-refractivity contribution in [3.05, 3.63) is 83.2 Å². The smallest absolute Gasteiger partial charge is 0.290 e. The van der Waals surface area contributed by atoms with Gasteiger partial charge in [0.1, 0.15) is 36.0 Å². The first kappa shape index (κ1) is 35.6. The number of fused-ring (bicyclic) bond motifs is 15. The van der Waals surface area contributed by atoms with Crippen molar-refractivity contribution < 1.29 is 33.2 Å². The third kappa shape index (κ3) is 9.33. The minimum Gasteiger partial charge on any atom is -0.491 e.